The lowest BCUT2D eigenvalue weighted by molar-refractivity contribution is -0.123. The molecule has 0 bridgehead atoms. The van der Waals surface area contributed by atoms with E-state index in [1.807, 2.05) is 0 Å². The minimum Gasteiger partial charge on any atom is -0.484 e. The predicted octanol–water partition coefficient (Wildman–Crippen LogP) is 1.40. The van der Waals surface area contributed by atoms with Crippen LogP contribution in [-0.4, -0.2) is 23.7 Å². The van der Waals surface area contributed by atoms with E-state index in [2.05, 4.69) is 5.32 Å². The van der Waals surface area contributed by atoms with Crippen LogP contribution in [0.1, 0.15) is 31.4 Å². The topological polar surface area (TPSA) is 58.6 Å². The van der Waals surface area contributed by atoms with E-state index in [9.17, 15) is 9.90 Å². The van der Waals surface area contributed by atoms with Gasteiger partial charge in [-0.25, -0.2) is 0 Å². The van der Waals surface area contributed by atoms with Crippen molar-refractivity contribution in [3.8, 4) is 5.75 Å². The van der Waals surface area contributed by atoms with Gasteiger partial charge in [0.25, 0.3) is 5.91 Å². The number of rotatable bonds is 5. The summed E-state index contributed by atoms with van der Waals surface area (Å²) in [4.78, 5) is 11.4. The smallest absolute Gasteiger partial charge is 0.258 e. The molecule has 1 aromatic rings. The molecule has 4 heteroatoms. The Balaban J connectivity index is 1.79. The van der Waals surface area contributed by atoms with Crippen LogP contribution in [0.15, 0.2) is 24.3 Å². The van der Waals surface area contributed by atoms with Crippen LogP contribution in [0.5, 0.6) is 5.75 Å². The number of carbonyl (C=O) groups is 1. The molecule has 1 aromatic carbocycles. The van der Waals surface area contributed by atoms with Gasteiger partial charge in [0, 0.05) is 6.04 Å². The van der Waals surface area contributed by atoms with Crippen LogP contribution in [0.3, 0.4) is 0 Å². The van der Waals surface area contributed by atoms with E-state index < -0.39 is 6.10 Å². The average Bonchev–Trinajstić information content (AvgIpc) is 3.11. The Labute approximate surface area is 101 Å². The largest absolute Gasteiger partial charge is 0.484 e. The van der Waals surface area contributed by atoms with E-state index in [0.29, 0.717) is 11.8 Å². The van der Waals surface area contributed by atoms with Gasteiger partial charge in [-0.15, -0.1) is 0 Å². The van der Waals surface area contributed by atoms with Crippen molar-refractivity contribution >= 4 is 5.91 Å². The number of amides is 1. The van der Waals surface area contributed by atoms with Crippen LogP contribution in [0.2, 0.25) is 0 Å². The first-order valence-electron chi connectivity index (χ1n) is 5.85. The van der Waals surface area contributed by atoms with E-state index >= 15 is 0 Å². The van der Waals surface area contributed by atoms with E-state index in [0.717, 1.165) is 18.4 Å². The molecule has 0 heterocycles. The minimum absolute atomic E-state index is 0.0462. The Hall–Kier alpha value is -1.55. The van der Waals surface area contributed by atoms with Crippen LogP contribution in [-0.2, 0) is 4.79 Å². The van der Waals surface area contributed by atoms with Crippen LogP contribution in [0.4, 0.5) is 0 Å². The molecule has 1 aliphatic rings. The number of benzene rings is 1. The van der Waals surface area contributed by atoms with Crippen LogP contribution in [0.25, 0.3) is 0 Å². The SMILES string of the molecule is C[C@@H](O)c1ccc(OCC(=O)NC2CC2)cc1. The molecule has 1 saturated carbocycles. The summed E-state index contributed by atoms with van der Waals surface area (Å²) in [7, 11) is 0. The third kappa shape index (κ3) is 3.75. The number of hydrogen-bond acceptors (Lipinski definition) is 3. The van der Waals surface area contributed by atoms with Crippen LogP contribution in [0, 0.1) is 0 Å². The van der Waals surface area contributed by atoms with E-state index in [4.69, 9.17) is 4.74 Å². The molecule has 0 saturated heterocycles. The number of ether oxygens (including phenoxy) is 1. The first kappa shape index (κ1) is 11.9. The highest BCUT2D eigenvalue weighted by molar-refractivity contribution is 5.78. The fourth-order valence-corrected chi connectivity index (χ4v) is 1.49. The number of aliphatic hydroxyl groups excluding tert-OH is 1. The van der Waals surface area contributed by atoms with Crippen molar-refractivity contribution in [3.63, 3.8) is 0 Å². The van der Waals surface area contributed by atoms with E-state index in [1.54, 1.807) is 31.2 Å². The summed E-state index contributed by atoms with van der Waals surface area (Å²) in [5.74, 6) is 0.562. The molecule has 0 unspecified atom stereocenters. The molecule has 0 radical (unpaired) electrons. The molecule has 1 aliphatic carbocycles. The molecule has 0 aromatic heterocycles. The quantitative estimate of drug-likeness (QED) is 0.811. The Bertz CT molecular complexity index is 382. The fourth-order valence-electron chi connectivity index (χ4n) is 1.49. The summed E-state index contributed by atoms with van der Waals surface area (Å²) in [6.45, 7) is 1.75. The molecule has 4 nitrogen and oxygen atoms in total. The van der Waals surface area contributed by atoms with Gasteiger partial charge in [0.1, 0.15) is 5.75 Å². The van der Waals surface area contributed by atoms with Crippen molar-refractivity contribution < 1.29 is 14.6 Å². The van der Waals surface area contributed by atoms with Crippen molar-refractivity contribution in [2.75, 3.05) is 6.61 Å². The first-order valence-corrected chi connectivity index (χ1v) is 5.85. The maximum absolute atomic E-state index is 11.4. The maximum Gasteiger partial charge on any atom is 0.258 e. The summed E-state index contributed by atoms with van der Waals surface area (Å²) >= 11 is 0. The molecule has 0 spiro atoms. The van der Waals surface area contributed by atoms with Crippen molar-refractivity contribution in [3.05, 3.63) is 29.8 Å². The summed E-state index contributed by atoms with van der Waals surface area (Å²) in [5, 5.41) is 12.2. The third-order valence-corrected chi connectivity index (χ3v) is 2.67. The molecule has 2 N–H and O–H groups in total. The van der Waals surface area contributed by atoms with Crippen molar-refractivity contribution in [1.29, 1.82) is 0 Å². The first-order chi connectivity index (χ1) is 8.15. The zero-order chi connectivity index (χ0) is 12.3. The average molecular weight is 235 g/mol. The molecular weight excluding hydrogens is 218 g/mol. The zero-order valence-corrected chi connectivity index (χ0v) is 9.85. The zero-order valence-electron chi connectivity index (χ0n) is 9.85. The molecule has 1 atom stereocenters. The molecule has 17 heavy (non-hydrogen) atoms. The molecule has 0 aliphatic heterocycles. The monoisotopic (exact) mass is 235 g/mol. The van der Waals surface area contributed by atoms with Gasteiger partial charge in [-0.1, -0.05) is 12.1 Å². The normalized spacial score (nSPS) is 16.4. The molecule has 92 valence electrons. The highest BCUT2D eigenvalue weighted by Crippen LogP contribution is 2.19. The van der Waals surface area contributed by atoms with Gasteiger partial charge < -0.3 is 15.2 Å². The summed E-state index contributed by atoms with van der Waals surface area (Å²) in [6.07, 6.45) is 1.67. The summed E-state index contributed by atoms with van der Waals surface area (Å²) in [6, 6.07) is 7.46. The Kier molecular flexibility index (Phi) is 3.64. The second-order valence-corrected chi connectivity index (χ2v) is 4.38. The third-order valence-electron chi connectivity index (χ3n) is 2.67. The second kappa shape index (κ2) is 5.19. The number of carbonyl (C=O) groups excluding carboxylic acids is 1. The predicted molar refractivity (Wildman–Crippen MR) is 63.7 cm³/mol. The maximum atomic E-state index is 11.4. The van der Waals surface area contributed by atoms with Gasteiger partial charge in [0.05, 0.1) is 6.10 Å². The van der Waals surface area contributed by atoms with Crippen LogP contribution >= 0.6 is 0 Å². The van der Waals surface area contributed by atoms with E-state index in [-0.39, 0.29) is 12.5 Å². The van der Waals surface area contributed by atoms with Gasteiger partial charge in [-0.05, 0) is 37.5 Å². The summed E-state index contributed by atoms with van der Waals surface area (Å²) in [5.41, 5.74) is 0.833. The molecule has 1 fully saturated rings. The van der Waals surface area contributed by atoms with Crippen LogP contribution < -0.4 is 10.1 Å². The van der Waals surface area contributed by atoms with Gasteiger partial charge in [-0.2, -0.15) is 0 Å². The lowest BCUT2D eigenvalue weighted by atomic mass is 10.1. The highest BCUT2D eigenvalue weighted by Gasteiger charge is 2.23. The minimum atomic E-state index is -0.484. The van der Waals surface area contributed by atoms with Crippen molar-refractivity contribution in [2.24, 2.45) is 0 Å². The van der Waals surface area contributed by atoms with Gasteiger partial charge >= 0.3 is 0 Å². The van der Waals surface area contributed by atoms with Gasteiger partial charge in [0.2, 0.25) is 0 Å². The fraction of sp³-hybridized carbons (Fsp3) is 0.462. The summed E-state index contributed by atoms with van der Waals surface area (Å²) < 4.78 is 5.34. The molecule has 1 amide bonds. The van der Waals surface area contributed by atoms with Crippen molar-refractivity contribution in [2.45, 2.75) is 31.9 Å². The lowest BCUT2D eigenvalue weighted by Gasteiger charge is -2.08. The highest BCUT2D eigenvalue weighted by atomic mass is 16.5. The molecule has 2 rings (SSSR count). The van der Waals surface area contributed by atoms with E-state index in [1.165, 1.54) is 0 Å². The Morgan fingerprint density at radius 1 is 1.47 bits per heavy atom. The van der Waals surface area contributed by atoms with Gasteiger partial charge in [0.15, 0.2) is 6.61 Å². The Morgan fingerprint density at radius 3 is 2.65 bits per heavy atom. The molecular formula is C13H17NO3. The second-order valence-electron chi connectivity index (χ2n) is 4.38. The lowest BCUT2D eigenvalue weighted by Crippen LogP contribution is -2.30. The Morgan fingerprint density at radius 2 is 2.12 bits per heavy atom. The van der Waals surface area contributed by atoms with Gasteiger partial charge in [-0.3, -0.25) is 4.79 Å². The standard InChI is InChI=1S/C13H17NO3/c1-9(15)10-2-6-12(7-3-10)17-8-13(16)14-11-4-5-11/h2-3,6-7,9,11,15H,4-5,8H2,1H3,(H,14,16)/t9-/m1/s1. The number of nitrogens with one attached hydrogen (secondary N) is 1. The van der Waals surface area contributed by atoms with Crippen molar-refractivity contribution in [1.82, 2.24) is 5.32 Å². The number of hydrogen-bond donors (Lipinski definition) is 2. The number of aliphatic hydroxyl groups is 1.